The average Bonchev–Trinajstić information content (AvgIpc) is 2.66. The first-order valence-corrected chi connectivity index (χ1v) is 5.97. The van der Waals surface area contributed by atoms with Crippen molar-refractivity contribution >= 4 is 21.9 Å². The molecule has 2 aromatic rings. The minimum atomic E-state index is -0.564. The van der Waals surface area contributed by atoms with Crippen LogP contribution in [0.3, 0.4) is 0 Å². The average molecular weight is 311 g/mol. The molecule has 0 fully saturated rings. The SMILES string of the molecule is COC(=O)c1[nH]n(C)c(=O)c1-c1ccc(Br)cc1. The molecule has 1 heterocycles. The maximum Gasteiger partial charge on any atom is 0.356 e. The molecule has 0 spiro atoms. The molecule has 0 saturated heterocycles. The van der Waals surface area contributed by atoms with Gasteiger partial charge in [0.05, 0.1) is 12.7 Å². The molecule has 0 saturated carbocycles. The Hall–Kier alpha value is -1.82. The van der Waals surface area contributed by atoms with Gasteiger partial charge in [-0.3, -0.25) is 14.6 Å². The third-order valence-corrected chi connectivity index (χ3v) is 3.10. The smallest absolute Gasteiger partial charge is 0.356 e. The Balaban J connectivity index is 2.66. The summed E-state index contributed by atoms with van der Waals surface area (Å²) >= 11 is 3.32. The number of benzene rings is 1. The van der Waals surface area contributed by atoms with Gasteiger partial charge in [0.1, 0.15) is 0 Å². The van der Waals surface area contributed by atoms with Crippen LogP contribution >= 0.6 is 15.9 Å². The van der Waals surface area contributed by atoms with Crippen molar-refractivity contribution in [3.05, 3.63) is 44.8 Å². The van der Waals surface area contributed by atoms with Gasteiger partial charge in [0.15, 0.2) is 5.69 Å². The van der Waals surface area contributed by atoms with E-state index in [1.165, 1.54) is 11.8 Å². The van der Waals surface area contributed by atoms with Gasteiger partial charge in [0, 0.05) is 11.5 Å². The molecule has 0 aliphatic heterocycles. The highest BCUT2D eigenvalue weighted by molar-refractivity contribution is 9.10. The van der Waals surface area contributed by atoms with Gasteiger partial charge in [-0.15, -0.1) is 0 Å². The van der Waals surface area contributed by atoms with Crippen molar-refractivity contribution in [1.29, 1.82) is 0 Å². The molecule has 0 unspecified atom stereocenters. The van der Waals surface area contributed by atoms with E-state index in [2.05, 4.69) is 25.8 Å². The molecule has 0 atom stereocenters. The summed E-state index contributed by atoms with van der Waals surface area (Å²) in [4.78, 5) is 23.6. The van der Waals surface area contributed by atoms with Crippen molar-refractivity contribution in [2.45, 2.75) is 0 Å². The van der Waals surface area contributed by atoms with Gasteiger partial charge in [-0.1, -0.05) is 28.1 Å². The normalized spacial score (nSPS) is 10.4. The molecule has 0 amide bonds. The summed E-state index contributed by atoms with van der Waals surface area (Å²) in [5.74, 6) is -0.564. The van der Waals surface area contributed by atoms with Crippen LogP contribution in [0.4, 0.5) is 0 Å². The molecule has 0 bridgehead atoms. The van der Waals surface area contributed by atoms with Crippen LogP contribution in [0.5, 0.6) is 0 Å². The van der Waals surface area contributed by atoms with Crippen LogP contribution < -0.4 is 5.56 Å². The number of aryl methyl sites for hydroxylation is 1. The van der Waals surface area contributed by atoms with Crippen molar-refractivity contribution in [2.75, 3.05) is 7.11 Å². The number of H-pyrrole nitrogens is 1. The fraction of sp³-hybridized carbons (Fsp3) is 0.167. The number of halogens is 1. The summed E-state index contributed by atoms with van der Waals surface area (Å²) in [6.45, 7) is 0. The Kier molecular flexibility index (Phi) is 3.38. The van der Waals surface area contributed by atoms with E-state index in [0.29, 0.717) is 11.1 Å². The minimum Gasteiger partial charge on any atom is -0.464 e. The number of nitrogens with one attached hydrogen (secondary N) is 1. The summed E-state index contributed by atoms with van der Waals surface area (Å²) in [6, 6.07) is 7.15. The molecule has 18 heavy (non-hydrogen) atoms. The quantitative estimate of drug-likeness (QED) is 0.862. The number of rotatable bonds is 2. The van der Waals surface area contributed by atoms with Crippen molar-refractivity contribution in [1.82, 2.24) is 9.78 Å². The lowest BCUT2D eigenvalue weighted by atomic mass is 10.1. The molecule has 1 aromatic carbocycles. The summed E-state index contributed by atoms with van der Waals surface area (Å²) < 4.78 is 6.81. The van der Waals surface area contributed by atoms with E-state index in [9.17, 15) is 9.59 Å². The predicted molar refractivity (Wildman–Crippen MR) is 70.5 cm³/mol. The third-order valence-electron chi connectivity index (χ3n) is 2.57. The number of esters is 1. The molecule has 0 aliphatic carbocycles. The molecule has 5 nitrogen and oxygen atoms in total. The fourth-order valence-electron chi connectivity index (χ4n) is 1.68. The van der Waals surface area contributed by atoms with Crippen LogP contribution in [0.1, 0.15) is 10.5 Å². The van der Waals surface area contributed by atoms with Crippen LogP contribution in [0.2, 0.25) is 0 Å². The van der Waals surface area contributed by atoms with E-state index < -0.39 is 5.97 Å². The number of methoxy groups -OCH3 is 1. The third kappa shape index (κ3) is 2.11. The monoisotopic (exact) mass is 310 g/mol. The van der Waals surface area contributed by atoms with Crippen LogP contribution in [-0.4, -0.2) is 22.9 Å². The second-order valence-electron chi connectivity index (χ2n) is 3.72. The predicted octanol–water partition coefficient (Wildman–Crippen LogP) is 1.93. The highest BCUT2D eigenvalue weighted by Crippen LogP contribution is 2.21. The Morgan fingerprint density at radius 2 is 1.94 bits per heavy atom. The highest BCUT2D eigenvalue weighted by atomic mass is 79.9. The maximum absolute atomic E-state index is 12.0. The van der Waals surface area contributed by atoms with E-state index in [1.807, 2.05) is 12.1 Å². The number of hydrogen-bond acceptors (Lipinski definition) is 3. The lowest BCUT2D eigenvalue weighted by molar-refractivity contribution is 0.0594. The first-order valence-electron chi connectivity index (χ1n) is 5.18. The molecule has 1 aromatic heterocycles. The molecule has 0 aliphatic rings. The van der Waals surface area contributed by atoms with E-state index in [0.717, 1.165) is 4.47 Å². The van der Waals surface area contributed by atoms with Crippen LogP contribution in [-0.2, 0) is 11.8 Å². The zero-order chi connectivity index (χ0) is 13.3. The van der Waals surface area contributed by atoms with Gasteiger partial charge in [-0.25, -0.2) is 4.79 Å². The van der Waals surface area contributed by atoms with Crippen molar-refractivity contribution < 1.29 is 9.53 Å². The minimum absolute atomic E-state index is 0.160. The number of carbonyl (C=O) groups is 1. The summed E-state index contributed by atoms with van der Waals surface area (Å²) in [6.07, 6.45) is 0. The van der Waals surface area contributed by atoms with E-state index in [4.69, 9.17) is 0 Å². The van der Waals surface area contributed by atoms with Gasteiger partial charge < -0.3 is 4.74 Å². The van der Waals surface area contributed by atoms with Gasteiger partial charge in [0.25, 0.3) is 5.56 Å². The van der Waals surface area contributed by atoms with E-state index in [1.54, 1.807) is 19.2 Å². The van der Waals surface area contributed by atoms with Gasteiger partial charge in [-0.2, -0.15) is 0 Å². The number of aromatic amines is 1. The van der Waals surface area contributed by atoms with Crippen LogP contribution in [0, 0.1) is 0 Å². The largest absolute Gasteiger partial charge is 0.464 e. The molecular weight excluding hydrogens is 300 g/mol. The van der Waals surface area contributed by atoms with E-state index in [-0.39, 0.29) is 11.3 Å². The molecular formula is C12H11BrN2O3. The zero-order valence-electron chi connectivity index (χ0n) is 9.86. The first-order chi connectivity index (χ1) is 8.54. The maximum atomic E-state index is 12.0. The zero-order valence-corrected chi connectivity index (χ0v) is 11.4. The second kappa shape index (κ2) is 4.81. The Labute approximate surface area is 111 Å². The van der Waals surface area contributed by atoms with Gasteiger partial charge >= 0.3 is 5.97 Å². The lowest BCUT2D eigenvalue weighted by Gasteiger charge is -2.00. The van der Waals surface area contributed by atoms with Crippen LogP contribution in [0.15, 0.2) is 33.5 Å². The fourth-order valence-corrected chi connectivity index (χ4v) is 1.95. The number of aromatic nitrogens is 2. The summed E-state index contributed by atoms with van der Waals surface area (Å²) in [5, 5.41) is 2.69. The Morgan fingerprint density at radius 1 is 1.33 bits per heavy atom. The van der Waals surface area contributed by atoms with Crippen molar-refractivity contribution in [2.24, 2.45) is 7.05 Å². The topological polar surface area (TPSA) is 64.1 Å². The standard InChI is InChI=1S/C12H11BrN2O3/c1-15-11(16)9(10(14-15)12(17)18-2)7-3-5-8(13)6-4-7/h3-6,14H,1-2H3. The Bertz CT molecular complexity index is 640. The van der Waals surface area contributed by atoms with E-state index >= 15 is 0 Å². The number of hydrogen-bond donors (Lipinski definition) is 1. The number of ether oxygens (including phenoxy) is 1. The molecule has 1 N–H and O–H groups in total. The number of carbonyl (C=O) groups excluding carboxylic acids is 1. The molecule has 0 radical (unpaired) electrons. The summed E-state index contributed by atoms with van der Waals surface area (Å²) in [5.41, 5.74) is 0.877. The molecule has 2 rings (SSSR count). The first kappa shape index (κ1) is 12.6. The second-order valence-corrected chi connectivity index (χ2v) is 4.64. The van der Waals surface area contributed by atoms with Crippen LogP contribution in [0.25, 0.3) is 11.1 Å². The molecule has 94 valence electrons. The van der Waals surface area contributed by atoms with Crippen molar-refractivity contribution in [3.8, 4) is 11.1 Å². The molecule has 6 heteroatoms. The lowest BCUT2D eigenvalue weighted by Crippen LogP contribution is -2.13. The van der Waals surface area contributed by atoms with Gasteiger partial charge in [0.2, 0.25) is 0 Å². The number of nitrogens with zero attached hydrogens (tertiary/aromatic N) is 1. The van der Waals surface area contributed by atoms with Gasteiger partial charge in [-0.05, 0) is 17.7 Å². The van der Waals surface area contributed by atoms with Crippen molar-refractivity contribution in [3.63, 3.8) is 0 Å². The summed E-state index contributed by atoms with van der Waals surface area (Å²) in [7, 11) is 2.83. The highest BCUT2D eigenvalue weighted by Gasteiger charge is 2.20. The Morgan fingerprint density at radius 3 is 2.50 bits per heavy atom.